The average Bonchev–Trinajstić information content (AvgIpc) is 2.37. The first-order valence-electron chi connectivity index (χ1n) is 6.27. The highest BCUT2D eigenvalue weighted by molar-refractivity contribution is 5.90. The summed E-state index contributed by atoms with van der Waals surface area (Å²) in [5.74, 6) is -0.585. The van der Waals surface area contributed by atoms with Gasteiger partial charge >= 0.3 is 11.9 Å². The first kappa shape index (κ1) is 16.4. The molecule has 0 saturated heterocycles. The van der Waals surface area contributed by atoms with E-state index >= 15 is 0 Å². The highest BCUT2D eigenvalue weighted by Crippen LogP contribution is 2.27. The van der Waals surface area contributed by atoms with Crippen molar-refractivity contribution >= 4 is 17.5 Å². The summed E-state index contributed by atoms with van der Waals surface area (Å²) in [7, 11) is 0. The molecule has 0 saturated carbocycles. The van der Waals surface area contributed by atoms with E-state index in [9.17, 15) is 9.59 Å². The zero-order chi connectivity index (χ0) is 16.2. The van der Waals surface area contributed by atoms with E-state index in [-0.39, 0.29) is 22.6 Å². The summed E-state index contributed by atoms with van der Waals surface area (Å²) < 4.78 is 10.3. The minimum absolute atomic E-state index is 0.257. The molecule has 0 aliphatic carbocycles. The number of allylic oxidation sites excluding steroid dienone is 1. The van der Waals surface area contributed by atoms with E-state index in [1.165, 1.54) is 6.07 Å². The lowest BCUT2D eigenvalue weighted by atomic mass is 10.1. The average molecular weight is 286 g/mol. The van der Waals surface area contributed by atoms with Crippen molar-refractivity contribution in [1.29, 1.82) is 0 Å². The zero-order valence-corrected chi connectivity index (χ0v) is 12.5. The van der Waals surface area contributed by atoms with Gasteiger partial charge in [0.25, 0.3) is 0 Å². The minimum Gasteiger partial charge on any atom is -0.423 e. The number of carbonyl (C=O) groups excluding carboxylic acids is 2. The Morgan fingerprint density at radius 2 is 1.19 bits per heavy atom. The largest absolute Gasteiger partial charge is 0.423 e. The summed E-state index contributed by atoms with van der Waals surface area (Å²) in [4.78, 5) is 23.1. The lowest BCUT2D eigenvalue weighted by molar-refractivity contribution is -0.130. The van der Waals surface area contributed by atoms with E-state index in [0.717, 1.165) is 5.57 Å². The van der Waals surface area contributed by atoms with Gasteiger partial charge in [0.2, 0.25) is 0 Å². The molecular formula is C17H18O4. The quantitative estimate of drug-likeness (QED) is 0.470. The number of rotatable bonds is 5. The molecule has 0 aromatic heterocycles. The maximum absolute atomic E-state index is 11.6. The number of hydrogen-bond donors (Lipinski definition) is 0. The predicted octanol–water partition coefficient (Wildman–Crippen LogP) is 3.68. The Morgan fingerprint density at radius 1 is 0.810 bits per heavy atom. The summed E-state index contributed by atoms with van der Waals surface area (Å²) in [6, 6.07) is 4.73. The molecule has 0 radical (unpaired) electrons. The van der Waals surface area contributed by atoms with Crippen LogP contribution in [0.4, 0.5) is 0 Å². The standard InChI is InChI=1S/C17H18O4/c1-10(2)13-7-14(20-16(18)11(3)4)9-15(8-13)21-17(19)12(5)6/h7-9H,1,3,5H2,2,4,6H3. The van der Waals surface area contributed by atoms with Gasteiger partial charge in [-0.05, 0) is 38.5 Å². The Bertz CT molecular complexity index is 592. The second-order valence-electron chi connectivity index (χ2n) is 4.81. The summed E-state index contributed by atoms with van der Waals surface area (Å²) in [6.45, 7) is 15.7. The third kappa shape index (κ3) is 4.76. The summed E-state index contributed by atoms with van der Waals surface area (Å²) in [5.41, 5.74) is 2.00. The van der Waals surface area contributed by atoms with E-state index < -0.39 is 11.9 Å². The van der Waals surface area contributed by atoms with Gasteiger partial charge in [0, 0.05) is 17.2 Å². The normalized spacial score (nSPS) is 9.67. The maximum atomic E-state index is 11.6. The molecule has 1 aromatic carbocycles. The Hall–Kier alpha value is -2.62. The molecule has 0 unspecified atom stereocenters. The Kier molecular flexibility index (Phi) is 5.24. The Labute approximate surface area is 124 Å². The molecule has 0 N–H and O–H groups in total. The molecule has 0 aliphatic rings. The highest BCUT2D eigenvalue weighted by Gasteiger charge is 2.12. The number of ether oxygens (including phenoxy) is 2. The third-order valence-electron chi connectivity index (χ3n) is 2.49. The van der Waals surface area contributed by atoms with Gasteiger partial charge < -0.3 is 9.47 Å². The SMILES string of the molecule is C=C(C)C(=O)Oc1cc(OC(=O)C(=C)C)cc(C(=C)C)c1. The van der Waals surface area contributed by atoms with Gasteiger partial charge in [0.15, 0.2) is 0 Å². The van der Waals surface area contributed by atoms with Gasteiger partial charge in [-0.15, -0.1) is 0 Å². The van der Waals surface area contributed by atoms with Crippen LogP contribution < -0.4 is 9.47 Å². The fourth-order valence-electron chi connectivity index (χ4n) is 1.32. The summed E-state index contributed by atoms with van der Waals surface area (Å²) in [6.07, 6.45) is 0. The fourth-order valence-corrected chi connectivity index (χ4v) is 1.32. The molecule has 4 heteroatoms. The second kappa shape index (κ2) is 6.70. The molecule has 0 fully saturated rings. The van der Waals surface area contributed by atoms with Crippen molar-refractivity contribution < 1.29 is 19.1 Å². The van der Waals surface area contributed by atoms with E-state index in [1.54, 1.807) is 32.9 Å². The first-order chi connectivity index (χ1) is 9.70. The zero-order valence-electron chi connectivity index (χ0n) is 12.5. The summed E-state index contributed by atoms with van der Waals surface area (Å²) >= 11 is 0. The van der Waals surface area contributed by atoms with E-state index in [0.29, 0.717) is 5.56 Å². The van der Waals surface area contributed by atoms with Gasteiger partial charge in [0.05, 0.1) is 0 Å². The molecule has 0 atom stereocenters. The molecule has 0 bridgehead atoms. The van der Waals surface area contributed by atoms with E-state index in [2.05, 4.69) is 19.7 Å². The van der Waals surface area contributed by atoms with Gasteiger partial charge in [-0.3, -0.25) is 0 Å². The van der Waals surface area contributed by atoms with Crippen molar-refractivity contribution in [3.8, 4) is 11.5 Å². The number of hydrogen-bond acceptors (Lipinski definition) is 4. The van der Waals surface area contributed by atoms with Crippen molar-refractivity contribution in [2.24, 2.45) is 0 Å². The molecule has 4 nitrogen and oxygen atoms in total. The van der Waals surface area contributed by atoms with Crippen LogP contribution >= 0.6 is 0 Å². The lowest BCUT2D eigenvalue weighted by Crippen LogP contribution is -2.10. The maximum Gasteiger partial charge on any atom is 0.338 e. The van der Waals surface area contributed by atoms with Gasteiger partial charge in [-0.2, -0.15) is 0 Å². The van der Waals surface area contributed by atoms with Crippen LogP contribution in [0.1, 0.15) is 26.3 Å². The number of esters is 2. The Balaban J connectivity index is 3.14. The van der Waals surface area contributed by atoms with Crippen LogP contribution in [0.15, 0.2) is 49.1 Å². The second-order valence-corrected chi connectivity index (χ2v) is 4.81. The predicted molar refractivity (Wildman–Crippen MR) is 82.0 cm³/mol. The van der Waals surface area contributed by atoms with Crippen LogP contribution in [0.2, 0.25) is 0 Å². The molecule has 0 aliphatic heterocycles. The van der Waals surface area contributed by atoms with Crippen LogP contribution in [-0.2, 0) is 9.59 Å². The first-order valence-corrected chi connectivity index (χ1v) is 6.27. The van der Waals surface area contributed by atoms with Crippen molar-refractivity contribution in [2.75, 3.05) is 0 Å². The minimum atomic E-state index is -0.550. The van der Waals surface area contributed by atoms with Crippen molar-refractivity contribution in [2.45, 2.75) is 20.8 Å². The molecule has 1 rings (SSSR count). The molecule has 0 spiro atoms. The van der Waals surface area contributed by atoms with Crippen molar-refractivity contribution in [1.82, 2.24) is 0 Å². The molecule has 1 aromatic rings. The highest BCUT2D eigenvalue weighted by atomic mass is 16.5. The lowest BCUT2D eigenvalue weighted by Gasteiger charge is -2.10. The molecule has 110 valence electrons. The van der Waals surface area contributed by atoms with Gasteiger partial charge in [-0.1, -0.05) is 25.3 Å². The number of benzene rings is 1. The van der Waals surface area contributed by atoms with Gasteiger partial charge in [0.1, 0.15) is 11.5 Å². The summed E-state index contributed by atoms with van der Waals surface area (Å²) in [5, 5.41) is 0. The molecular weight excluding hydrogens is 268 g/mol. The van der Waals surface area contributed by atoms with Crippen LogP contribution in [0, 0.1) is 0 Å². The van der Waals surface area contributed by atoms with Crippen LogP contribution in [0.25, 0.3) is 5.57 Å². The molecule has 21 heavy (non-hydrogen) atoms. The van der Waals surface area contributed by atoms with Crippen molar-refractivity contribution in [3.05, 3.63) is 54.6 Å². The number of carbonyl (C=O) groups is 2. The molecule has 0 amide bonds. The monoisotopic (exact) mass is 286 g/mol. The fraction of sp³-hybridized carbons (Fsp3) is 0.176. The molecule has 0 heterocycles. The van der Waals surface area contributed by atoms with E-state index in [1.807, 2.05) is 0 Å². The topological polar surface area (TPSA) is 52.6 Å². The van der Waals surface area contributed by atoms with Gasteiger partial charge in [-0.25, -0.2) is 9.59 Å². The van der Waals surface area contributed by atoms with Crippen molar-refractivity contribution in [3.63, 3.8) is 0 Å². The van der Waals surface area contributed by atoms with Crippen LogP contribution in [0.3, 0.4) is 0 Å². The Morgan fingerprint density at radius 3 is 1.48 bits per heavy atom. The van der Waals surface area contributed by atoms with Crippen LogP contribution in [0.5, 0.6) is 11.5 Å². The smallest absolute Gasteiger partial charge is 0.338 e. The van der Waals surface area contributed by atoms with Crippen LogP contribution in [-0.4, -0.2) is 11.9 Å². The third-order valence-corrected chi connectivity index (χ3v) is 2.49. The van der Waals surface area contributed by atoms with E-state index in [4.69, 9.17) is 9.47 Å².